The maximum Gasteiger partial charge on any atom is 0.270 e. The Morgan fingerprint density at radius 2 is 2.17 bits per heavy atom. The SMILES string of the molecule is CN1CCNCC1c1noc(-c2c[nH]c(C(=O)N3CCCC3)c2)n1. The van der Waals surface area contributed by atoms with Crippen molar-refractivity contribution in [3.63, 3.8) is 0 Å². The highest BCUT2D eigenvalue weighted by Gasteiger charge is 2.26. The van der Waals surface area contributed by atoms with Crippen LogP contribution in [0, 0.1) is 0 Å². The number of carbonyl (C=O) groups excluding carboxylic acids is 1. The van der Waals surface area contributed by atoms with Gasteiger partial charge in [0.15, 0.2) is 5.82 Å². The second-order valence-corrected chi connectivity index (χ2v) is 6.46. The molecule has 4 heterocycles. The smallest absolute Gasteiger partial charge is 0.270 e. The van der Waals surface area contributed by atoms with Gasteiger partial charge in [-0.3, -0.25) is 9.69 Å². The third-order valence-electron chi connectivity index (χ3n) is 4.80. The molecule has 0 aromatic carbocycles. The number of piperazine rings is 1. The summed E-state index contributed by atoms with van der Waals surface area (Å²) in [6, 6.07) is 1.90. The van der Waals surface area contributed by atoms with E-state index in [1.807, 2.05) is 4.90 Å². The van der Waals surface area contributed by atoms with E-state index in [0.29, 0.717) is 17.4 Å². The number of nitrogens with zero attached hydrogens (tertiary/aromatic N) is 4. The van der Waals surface area contributed by atoms with Crippen LogP contribution in [0.4, 0.5) is 0 Å². The van der Waals surface area contributed by atoms with Gasteiger partial charge in [-0.1, -0.05) is 5.16 Å². The van der Waals surface area contributed by atoms with Crippen molar-refractivity contribution in [2.45, 2.75) is 18.9 Å². The molecule has 0 saturated carbocycles. The van der Waals surface area contributed by atoms with Crippen molar-refractivity contribution in [3.8, 4) is 11.5 Å². The number of hydrogen-bond acceptors (Lipinski definition) is 6. The third kappa shape index (κ3) is 2.83. The average molecular weight is 330 g/mol. The number of aromatic amines is 1. The van der Waals surface area contributed by atoms with Crippen LogP contribution in [0.1, 0.15) is 35.2 Å². The monoisotopic (exact) mass is 330 g/mol. The summed E-state index contributed by atoms with van der Waals surface area (Å²) in [6.07, 6.45) is 3.91. The Labute approximate surface area is 140 Å². The molecule has 2 fully saturated rings. The summed E-state index contributed by atoms with van der Waals surface area (Å²) < 4.78 is 5.41. The van der Waals surface area contributed by atoms with Crippen LogP contribution in [0.2, 0.25) is 0 Å². The number of carbonyl (C=O) groups is 1. The summed E-state index contributed by atoms with van der Waals surface area (Å²) >= 11 is 0. The number of aromatic nitrogens is 3. The van der Waals surface area contributed by atoms with Crippen molar-refractivity contribution in [3.05, 3.63) is 23.8 Å². The number of hydrogen-bond donors (Lipinski definition) is 2. The number of nitrogens with one attached hydrogen (secondary N) is 2. The Morgan fingerprint density at radius 1 is 1.33 bits per heavy atom. The summed E-state index contributed by atoms with van der Waals surface area (Å²) in [5, 5.41) is 7.46. The fourth-order valence-corrected chi connectivity index (χ4v) is 3.31. The van der Waals surface area contributed by atoms with Gasteiger partial charge < -0.3 is 19.7 Å². The zero-order chi connectivity index (χ0) is 16.5. The normalized spacial score (nSPS) is 22.2. The van der Waals surface area contributed by atoms with E-state index >= 15 is 0 Å². The Balaban J connectivity index is 1.51. The first kappa shape index (κ1) is 15.3. The van der Waals surface area contributed by atoms with E-state index in [4.69, 9.17) is 4.52 Å². The Bertz CT molecular complexity index is 718. The predicted octanol–water partition coefficient (Wildman–Crippen LogP) is 0.877. The molecule has 0 aliphatic carbocycles. The number of rotatable bonds is 3. The van der Waals surface area contributed by atoms with Gasteiger partial charge in [0.2, 0.25) is 0 Å². The van der Waals surface area contributed by atoms with Gasteiger partial charge in [0.1, 0.15) is 5.69 Å². The second-order valence-electron chi connectivity index (χ2n) is 6.46. The quantitative estimate of drug-likeness (QED) is 0.868. The molecule has 2 aromatic heterocycles. The summed E-state index contributed by atoms with van der Waals surface area (Å²) in [4.78, 5) is 24.0. The highest BCUT2D eigenvalue weighted by atomic mass is 16.5. The highest BCUT2D eigenvalue weighted by Crippen LogP contribution is 2.24. The van der Waals surface area contributed by atoms with Crippen molar-refractivity contribution in [1.82, 2.24) is 30.2 Å². The highest BCUT2D eigenvalue weighted by molar-refractivity contribution is 5.93. The van der Waals surface area contributed by atoms with Crippen LogP contribution in [-0.4, -0.2) is 70.6 Å². The lowest BCUT2D eigenvalue weighted by atomic mass is 10.2. The lowest BCUT2D eigenvalue weighted by Gasteiger charge is -2.30. The zero-order valence-electron chi connectivity index (χ0n) is 13.8. The first-order valence-corrected chi connectivity index (χ1v) is 8.45. The van der Waals surface area contributed by atoms with Crippen LogP contribution in [0.25, 0.3) is 11.5 Å². The van der Waals surface area contributed by atoms with Gasteiger partial charge in [0.05, 0.1) is 11.6 Å². The Hall–Kier alpha value is -2.19. The predicted molar refractivity (Wildman–Crippen MR) is 87.5 cm³/mol. The van der Waals surface area contributed by atoms with E-state index in [-0.39, 0.29) is 11.9 Å². The van der Waals surface area contributed by atoms with Gasteiger partial charge in [0.25, 0.3) is 11.8 Å². The van der Waals surface area contributed by atoms with Gasteiger partial charge in [-0.2, -0.15) is 4.98 Å². The van der Waals surface area contributed by atoms with Gasteiger partial charge >= 0.3 is 0 Å². The second kappa shape index (κ2) is 6.37. The number of amides is 1. The van der Waals surface area contributed by atoms with Crippen LogP contribution in [0.3, 0.4) is 0 Å². The zero-order valence-corrected chi connectivity index (χ0v) is 13.8. The molecule has 2 saturated heterocycles. The first-order valence-electron chi connectivity index (χ1n) is 8.45. The van der Waals surface area contributed by atoms with E-state index in [1.165, 1.54) is 0 Å². The van der Waals surface area contributed by atoms with E-state index in [9.17, 15) is 4.79 Å². The van der Waals surface area contributed by atoms with Crippen LogP contribution >= 0.6 is 0 Å². The molecule has 128 valence electrons. The molecule has 2 N–H and O–H groups in total. The molecule has 1 amide bonds. The number of likely N-dealkylation sites (N-methyl/N-ethyl adjacent to an activating group) is 1. The fraction of sp³-hybridized carbons (Fsp3) is 0.562. The standard InChI is InChI=1S/C16H22N6O2/c1-21-7-4-17-10-13(21)14-19-15(24-20-14)11-8-12(18-9-11)16(23)22-5-2-3-6-22/h8-9,13,17-18H,2-7,10H2,1H3. The maximum atomic E-state index is 12.4. The van der Waals surface area contributed by atoms with Gasteiger partial charge in [0, 0.05) is 38.9 Å². The van der Waals surface area contributed by atoms with Crippen molar-refractivity contribution < 1.29 is 9.32 Å². The molecule has 2 aliphatic rings. The van der Waals surface area contributed by atoms with Crippen LogP contribution < -0.4 is 5.32 Å². The maximum absolute atomic E-state index is 12.4. The largest absolute Gasteiger partial charge is 0.356 e. The lowest BCUT2D eigenvalue weighted by Crippen LogP contribution is -2.44. The Morgan fingerprint density at radius 3 is 2.96 bits per heavy atom. The minimum atomic E-state index is 0.0368. The van der Waals surface area contributed by atoms with Crippen molar-refractivity contribution in [2.24, 2.45) is 0 Å². The molecule has 24 heavy (non-hydrogen) atoms. The molecule has 2 aliphatic heterocycles. The van der Waals surface area contributed by atoms with E-state index in [2.05, 4.69) is 32.4 Å². The van der Waals surface area contributed by atoms with Gasteiger partial charge in [-0.05, 0) is 26.0 Å². The molecule has 2 aromatic rings. The minimum Gasteiger partial charge on any atom is -0.356 e. The van der Waals surface area contributed by atoms with Gasteiger partial charge in [-0.15, -0.1) is 0 Å². The van der Waals surface area contributed by atoms with E-state index < -0.39 is 0 Å². The van der Waals surface area contributed by atoms with E-state index in [0.717, 1.165) is 51.1 Å². The molecule has 0 bridgehead atoms. The summed E-state index contributed by atoms with van der Waals surface area (Å²) in [5.74, 6) is 1.16. The molecule has 0 spiro atoms. The molecule has 4 rings (SSSR count). The lowest BCUT2D eigenvalue weighted by molar-refractivity contribution is 0.0788. The fourth-order valence-electron chi connectivity index (χ4n) is 3.31. The summed E-state index contributed by atoms with van der Waals surface area (Å²) in [7, 11) is 2.06. The molecule has 0 radical (unpaired) electrons. The van der Waals surface area contributed by atoms with Crippen LogP contribution in [0.5, 0.6) is 0 Å². The van der Waals surface area contributed by atoms with Crippen LogP contribution in [0.15, 0.2) is 16.8 Å². The van der Waals surface area contributed by atoms with E-state index in [1.54, 1.807) is 12.3 Å². The number of H-pyrrole nitrogens is 1. The molecule has 8 heteroatoms. The third-order valence-corrected chi connectivity index (χ3v) is 4.80. The van der Waals surface area contributed by atoms with Crippen molar-refractivity contribution >= 4 is 5.91 Å². The molecule has 1 atom stereocenters. The van der Waals surface area contributed by atoms with Crippen LogP contribution in [-0.2, 0) is 0 Å². The average Bonchev–Trinajstić information content (AvgIpc) is 3.34. The minimum absolute atomic E-state index is 0.0368. The summed E-state index contributed by atoms with van der Waals surface area (Å²) in [5.41, 5.74) is 1.32. The Kier molecular flexibility index (Phi) is 4.07. The topological polar surface area (TPSA) is 90.3 Å². The number of likely N-dealkylation sites (tertiary alicyclic amines) is 1. The molecule has 1 unspecified atom stereocenters. The summed E-state index contributed by atoms with van der Waals surface area (Å²) in [6.45, 7) is 4.39. The molecule has 8 nitrogen and oxygen atoms in total. The van der Waals surface area contributed by atoms with Crippen molar-refractivity contribution in [1.29, 1.82) is 0 Å². The molecular weight excluding hydrogens is 308 g/mol. The van der Waals surface area contributed by atoms with Gasteiger partial charge in [-0.25, -0.2) is 0 Å². The first-order chi connectivity index (χ1) is 11.7. The molecular formula is C16H22N6O2. The van der Waals surface area contributed by atoms with Crippen molar-refractivity contribution in [2.75, 3.05) is 39.8 Å².